The van der Waals surface area contributed by atoms with Crippen LogP contribution in [0.15, 0.2) is 36.4 Å². The van der Waals surface area contributed by atoms with E-state index in [0.29, 0.717) is 16.5 Å². The van der Waals surface area contributed by atoms with Gasteiger partial charge >= 0.3 is 0 Å². The van der Waals surface area contributed by atoms with Gasteiger partial charge in [-0.15, -0.1) is 0 Å². The standard InChI is InChI=1S/C17H20Cl2N2/c1-11-6-7-13(8-12(11)2)9-14(21-20)10-15-16(18)4-3-5-17(15)19/h3-8,14,21H,9-10,20H2,1-2H3. The summed E-state index contributed by atoms with van der Waals surface area (Å²) >= 11 is 12.5. The molecule has 0 aliphatic rings. The van der Waals surface area contributed by atoms with Gasteiger partial charge in [-0.05, 0) is 61.1 Å². The van der Waals surface area contributed by atoms with E-state index in [1.807, 2.05) is 18.2 Å². The van der Waals surface area contributed by atoms with Gasteiger partial charge in [0.15, 0.2) is 0 Å². The van der Waals surface area contributed by atoms with Gasteiger partial charge in [0.25, 0.3) is 0 Å². The Morgan fingerprint density at radius 3 is 2.24 bits per heavy atom. The maximum atomic E-state index is 6.23. The zero-order valence-corrected chi connectivity index (χ0v) is 13.8. The molecule has 3 N–H and O–H groups in total. The number of nitrogens with one attached hydrogen (secondary N) is 1. The lowest BCUT2D eigenvalue weighted by molar-refractivity contribution is 0.522. The van der Waals surface area contributed by atoms with E-state index in [4.69, 9.17) is 29.0 Å². The molecule has 0 aromatic heterocycles. The Morgan fingerprint density at radius 1 is 1.00 bits per heavy atom. The molecule has 0 aliphatic heterocycles. The van der Waals surface area contributed by atoms with Crippen molar-refractivity contribution in [3.63, 3.8) is 0 Å². The van der Waals surface area contributed by atoms with Crippen molar-refractivity contribution in [2.75, 3.05) is 0 Å². The molecule has 21 heavy (non-hydrogen) atoms. The van der Waals surface area contributed by atoms with E-state index in [1.165, 1.54) is 16.7 Å². The average Bonchev–Trinajstić information content (AvgIpc) is 2.45. The molecule has 0 radical (unpaired) electrons. The van der Waals surface area contributed by atoms with Crippen LogP contribution in [0.5, 0.6) is 0 Å². The van der Waals surface area contributed by atoms with Gasteiger partial charge in [0.1, 0.15) is 0 Å². The van der Waals surface area contributed by atoms with Crippen molar-refractivity contribution in [1.82, 2.24) is 5.43 Å². The van der Waals surface area contributed by atoms with Gasteiger partial charge < -0.3 is 0 Å². The van der Waals surface area contributed by atoms with E-state index in [1.54, 1.807) is 0 Å². The summed E-state index contributed by atoms with van der Waals surface area (Å²) in [5, 5.41) is 1.37. The third-order valence-corrected chi connectivity index (χ3v) is 4.51. The van der Waals surface area contributed by atoms with Crippen LogP contribution >= 0.6 is 23.2 Å². The van der Waals surface area contributed by atoms with Gasteiger partial charge in [0.05, 0.1) is 0 Å². The molecular formula is C17H20Cl2N2. The average molecular weight is 323 g/mol. The maximum Gasteiger partial charge on any atom is 0.0453 e. The monoisotopic (exact) mass is 322 g/mol. The van der Waals surface area contributed by atoms with Crippen LogP contribution in [0.3, 0.4) is 0 Å². The zero-order valence-electron chi connectivity index (χ0n) is 12.3. The van der Waals surface area contributed by atoms with Crippen molar-refractivity contribution in [2.45, 2.75) is 32.7 Å². The first-order chi connectivity index (χ1) is 10.0. The van der Waals surface area contributed by atoms with Crippen LogP contribution in [-0.4, -0.2) is 6.04 Å². The number of nitrogens with two attached hydrogens (primary N) is 1. The fourth-order valence-electron chi connectivity index (χ4n) is 2.38. The zero-order chi connectivity index (χ0) is 15.4. The normalized spacial score (nSPS) is 12.4. The molecule has 0 amide bonds. The summed E-state index contributed by atoms with van der Waals surface area (Å²) in [5.74, 6) is 5.70. The van der Waals surface area contributed by atoms with Gasteiger partial charge in [0, 0.05) is 16.1 Å². The van der Waals surface area contributed by atoms with Gasteiger partial charge in [-0.2, -0.15) is 0 Å². The second-order valence-electron chi connectivity index (χ2n) is 5.39. The molecular weight excluding hydrogens is 303 g/mol. The number of aryl methyl sites for hydroxylation is 2. The second-order valence-corrected chi connectivity index (χ2v) is 6.21. The van der Waals surface area contributed by atoms with Crippen LogP contribution in [-0.2, 0) is 12.8 Å². The minimum absolute atomic E-state index is 0.0875. The molecule has 2 aromatic carbocycles. The summed E-state index contributed by atoms with van der Waals surface area (Å²) in [7, 11) is 0. The highest BCUT2D eigenvalue weighted by Gasteiger charge is 2.14. The molecule has 112 valence electrons. The second kappa shape index (κ2) is 7.28. The Balaban J connectivity index is 2.15. The minimum Gasteiger partial charge on any atom is -0.271 e. The Hall–Kier alpha value is -1.06. The van der Waals surface area contributed by atoms with Crippen molar-refractivity contribution >= 4 is 23.2 Å². The molecule has 0 fully saturated rings. The van der Waals surface area contributed by atoms with E-state index in [9.17, 15) is 0 Å². The molecule has 0 heterocycles. The highest BCUT2D eigenvalue weighted by Crippen LogP contribution is 2.26. The summed E-state index contributed by atoms with van der Waals surface area (Å²) < 4.78 is 0. The molecule has 2 nitrogen and oxygen atoms in total. The quantitative estimate of drug-likeness (QED) is 0.638. The summed E-state index contributed by atoms with van der Waals surface area (Å²) in [6.07, 6.45) is 1.53. The van der Waals surface area contributed by atoms with Crippen molar-refractivity contribution in [2.24, 2.45) is 5.84 Å². The van der Waals surface area contributed by atoms with Gasteiger partial charge in [-0.1, -0.05) is 47.5 Å². The molecule has 1 unspecified atom stereocenters. The summed E-state index contributed by atoms with van der Waals surface area (Å²) in [6.45, 7) is 4.23. The van der Waals surface area contributed by atoms with E-state index in [-0.39, 0.29) is 6.04 Å². The Labute approximate surface area is 136 Å². The number of rotatable bonds is 5. The molecule has 2 aromatic rings. The molecule has 0 saturated heterocycles. The molecule has 0 spiro atoms. The first-order valence-corrected chi connectivity index (χ1v) is 7.72. The van der Waals surface area contributed by atoms with Crippen LogP contribution in [0.1, 0.15) is 22.3 Å². The molecule has 0 saturated carbocycles. The Morgan fingerprint density at radius 2 is 1.67 bits per heavy atom. The minimum atomic E-state index is 0.0875. The van der Waals surface area contributed by atoms with Crippen molar-refractivity contribution in [3.05, 3.63) is 68.7 Å². The Kier molecular flexibility index (Phi) is 5.65. The third kappa shape index (κ3) is 4.21. The van der Waals surface area contributed by atoms with Crippen molar-refractivity contribution < 1.29 is 0 Å². The Bertz CT molecular complexity index is 606. The maximum absolute atomic E-state index is 6.23. The molecule has 0 bridgehead atoms. The predicted octanol–water partition coefficient (Wildman–Crippen LogP) is 4.23. The number of hydrogen-bond acceptors (Lipinski definition) is 2. The lowest BCUT2D eigenvalue weighted by atomic mass is 9.97. The fraction of sp³-hybridized carbons (Fsp3) is 0.294. The van der Waals surface area contributed by atoms with Gasteiger partial charge in [0.2, 0.25) is 0 Å². The van der Waals surface area contributed by atoms with Crippen LogP contribution in [0.4, 0.5) is 0 Å². The number of hydrogen-bond donors (Lipinski definition) is 2. The first kappa shape index (κ1) is 16.3. The number of halogens is 2. The third-order valence-electron chi connectivity index (χ3n) is 3.80. The fourth-order valence-corrected chi connectivity index (χ4v) is 2.93. The highest BCUT2D eigenvalue weighted by atomic mass is 35.5. The van der Waals surface area contributed by atoms with Crippen LogP contribution in [0.2, 0.25) is 10.0 Å². The SMILES string of the molecule is Cc1ccc(CC(Cc2c(Cl)cccc2Cl)NN)cc1C. The molecule has 4 heteroatoms. The van der Waals surface area contributed by atoms with E-state index >= 15 is 0 Å². The van der Waals surface area contributed by atoms with E-state index in [2.05, 4.69) is 37.5 Å². The van der Waals surface area contributed by atoms with Gasteiger partial charge in [-0.25, -0.2) is 0 Å². The van der Waals surface area contributed by atoms with Crippen molar-refractivity contribution in [3.8, 4) is 0 Å². The summed E-state index contributed by atoms with van der Waals surface area (Å²) in [5.41, 5.74) is 7.65. The molecule has 0 aliphatic carbocycles. The van der Waals surface area contributed by atoms with E-state index < -0.39 is 0 Å². The predicted molar refractivity (Wildman–Crippen MR) is 90.9 cm³/mol. The lowest BCUT2D eigenvalue weighted by Gasteiger charge is -2.18. The van der Waals surface area contributed by atoms with Gasteiger partial charge in [-0.3, -0.25) is 11.3 Å². The molecule has 2 rings (SSSR count). The summed E-state index contributed by atoms with van der Waals surface area (Å²) in [6, 6.07) is 12.1. The number of hydrazine groups is 1. The topological polar surface area (TPSA) is 38.0 Å². The van der Waals surface area contributed by atoms with E-state index in [0.717, 1.165) is 12.0 Å². The van der Waals surface area contributed by atoms with Crippen LogP contribution in [0, 0.1) is 13.8 Å². The summed E-state index contributed by atoms with van der Waals surface area (Å²) in [4.78, 5) is 0. The lowest BCUT2D eigenvalue weighted by Crippen LogP contribution is -2.38. The number of benzene rings is 2. The van der Waals surface area contributed by atoms with Crippen LogP contribution < -0.4 is 11.3 Å². The van der Waals surface area contributed by atoms with Crippen molar-refractivity contribution in [1.29, 1.82) is 0 Å². The first-order valence-electron chi connectivity index (χ1n) is 6.96. The largest absolute Gasteiger partial charge is 0.271 e. The molecule has 1 atom stereocenters. The smallest absolute Gasteiger partial charge is 0.0453 e. The highest BCUT2D eigenvalue weighted by molar-refractivity contribution is 6.36. The van der Waals surface area contributed by atoms with Crippen LogP contribution in [0.25, 0.3) is 0 Å².